The van der Waals surface area contributed by atoms with E-state index in [9.17, 15) is 4.79 Å². The van der Waals surface area contributed by atoms with Gasteiger partial charge in [0.05, 0.1) is 11.2 Å². The van der Waals surface area contributed by atoms with Crippen LogP contribution in [-0.4, -0.2) is 39.5 Å². The van der Waals surface area contributed by atoms with Crippen LogP contribution >= 0.6 is 0 Å². The molecule has 3 aromatic carbocycles. The average Bonchev–Trinajstić information content (AvgIpc) is 3.39. The zero-order valence-electron chi connectivity index (χ0n) is 22.4. The topological polar surface area (TPSA) is 47.4 Å². The molecule has 1 aromatic heterocycles. The van der Waals surface area contributed by atoms with Crippen LogP contribution in [0.3, 0.4) is 0 Å². The molecule has 5 heteroatoms. The molecule has 0 N–H and O–H groups in total. The fourth-order valence-electron chi connectivity index (χ4n) is 5.42. The van der Waals surface area contributed by atoms with Crippen molar-refractivity contribution in [1.29, 1.82) is 0 Å². The van der Waals surface area contributed by atoms with Gasteiger partial charge in [0.2, 0.25) is 0 Å². The molecule has 1 saturated heterocycles. The fraction of sp³-hybridized carbons (Fsp3) is 0.273. The predicted octanol–water partition coefficient (Wildman–Crippen LogP) is 7.14. The number of piperidine rings is 1. The molecule has 1 aliphatic heterocycles. The third-order valence-corrected chi connectivity index (χ3v) is 6.91. The van der Waals surface area contributed by atoms with Crippen LogP contribution in [0.4, 0.5) is 4.79 Å². The Morgan fingerprint density at radius 3 is 1.84 bits per heavy atom. The van der Waals surface area contributed by atoms with Crippen molar-refractivity contribution >= 4 is 12.2 Å². The summed E-state index contributed by atoms with van der Waals surface area (Å²) in [5, 5.41) is 4.50. The molecule has 2 heterocycles. The molecular formula is C33H35N3O2. The lowest BCUT2D eigenvalue weighted by Gasteiger charge is -2.48. The summed E-state index contributed by atoms with van der Waals surface area (Å²) in [6, 6.07) is 34.3. The number of likely N-dealkylation sites (tertiary alicyclic amines) is 1. The second-order valence-electron chi connectivity index (χ2n) is 10.8. The van der Waals surface area contributed by atoms with E-state index in [1.165, 1.54) is 26.9 Å². The zero-order valence-corrected chi connectivity index (χ0v) is 22.4. The van der Waals surface area contributed by atoms with Gasteiger partial charge in [0, 0.05) is 19.3 Å². The van der Waals surface area contributed by atoms with E-state index in [0.29, 0.717) is 0 Å². The molecule has 1 aliphatic rings. The van der Waals surface area contributed by atoms with Crippen molar-refractivity contribution in [3.8, 4) is 0 Å². The van der Waals surface area contributed by atoms with Crippen molar-refractivity contribution in [2.45, 2.75) is 44.8 Å². The molecule has 0 unspecified atom stereocenters. The number of ether oxygens (including phenoxy) is 1. The third kappa shape index (κ3) is 5.34. The van der Waals surface area contributed by atoms with Crippen LogP contribution in [0, 0.1) is 0 Å². The zero-order chi connectivity index (χ0) is 26.6. The van der Waals surface area contributed by atoms with Crippen LogP contribution in [0.1, 0.15) is 56.0 Å². The molecule has 4 aromatic rings. The molecule has 0 bridgehead atoms. The van der Waals surface area contributed by atoms with Crippen molar-refractivity contribution in [3.05, 3.63) is 131 Å². The molecule has 0 aliphatic carbocycles. The van der Waals surface area contributed by atoms with E-state index in [0.717, 1.165) is 31.6 Å². The van der Waals surface area contributed by atoms with E-state index in [4.69, 9.17) is 4.74 Å². The molecule has 5 nitrogen and oxygen atoms in total. The lowest BCUT2D eigenvalue weighted by Crippen LogP contribution is -2.50. The highest BCUT2D eigenvalue weighted by Gasteiger charge is 2.42. The summed E-state index contributed by atoms with van der Waals surface area (Å²) < 4.78 is 6.75. The second-order valence-corrected chi connectivity index (χ2v) is 10.8. The van der Waals surface area contributed by atoms with Gasteiger partial charge in [-0.2, -0.15) is 9.78 Å². The van der Waals surface area contributed by atoms with Crippen LogP contribution < -0.4 is 0 Å². The molecule has 5 rings (SSSR count). The Morgan fingerprint density at radius 1 is 0.816 bits per heavy atom. The summed E-state index contributed by atoms with van der Waals surface area (Å²) in [5.74, 6) is 0. The van der Waals surface area contributed by atoms with Gasteiger partial charge in [0.15, 0.2) is 0 Å². The largest absolute Gasteiger partial charge is 0.442 e. The highest BCUT2D eigenvalue weighted by Crippen LogP contribution is 2.44. The van der Waals surface area contributed by atoms with E-state index >= 15 is 0 Å². The van der Waals surface area contributed by atoms with Gasteiger partial charge in [-0.15, -0.1) is 0 Å². The molecule has 0 saturated carbocycles. The van der Waals surface area contributed by atoms with E-state index in [2.05, 4.69) is 107 Å². The number of aromatic nitrogens is 2. The molecule has 38 heavy (non-hydrogen) atoms. The monoisotopic (exact) mass is 505 g/mol. The number of carbonyl (C=O) groups excluding carboxylic acids is 1. The number of carbonyl (C=O) groups is 1. The number of benzene rings is 3. The average molecular weight is 506 g/mol. The number of rotatable bonds is 5. The molecule has 0 spiro atoms. The summed E-state index contributed by atoms with van der Waals surface area (Å²) in [6.07, 6.45) is 5.35. The van der Waals surface area contributed by atoms with Gasteiger partial charge in [-0.1, -0.05) is 96.6 Å². The Kier molecular flexibility index (Phi) is 7.30. The van der Waals surface area contributed by atoms with Gasteiger partial charge in [-0.3, -0.25) is 4.90 Å². The van der Waals surface area contributed by atoms with Crippen LogP contribution in [-0.2, 0) is 10.3 Å². The molecule has 194 valence electrons. The molecule has 0 amide bonds. The van der Waals surface area contributed by atoms with E-state index in [-0.39, 0.29) is 0 Å². The number of hydrogen-bond acceptors (Lipinski definition) is 4. The summed E-state index contributed by atoms with van der Waals surface area (Å²) in [6.45, 7) is 7.31. The van der Waals surface area contributed by atoms with E-state index in [1.54, 1.807) is 6.20 Å². The highest BCUT2D eigenvalue weighted by atomic mass is 16.6. The quantitative estimate of drug-likeness (QED) is 0.271. The molecular weight excluding hydrogens is 470 g/mol. The van der Waals surface area contributed by atoms with E-state index in [1.807, 2.05) is 26.8 Å². The van der Waals surface area contributed by atoms with Gasteiger partial charge in [-0.05, 0) is 62.4 Å². The first-order chi connectivity index (χ1) is 18.4. The first-order valence-electron chi connectivity index (χ1n) is 13.3. The van der Waals surface area contributed by atoms with Gasteiger partial charge in [-0.25, -0.2) is 4.79 Å². The van der Waals surface area contributed by atoms with Crippen molar-refractivity contribution in [2.24, 2.45) is 0 Å². The van der Waals surface area contributed by atoms with Gasteiger partial charge in [0.25, 0.3) is 0 Å². The Hall–Kier alpha value is -3.96. The van der Waals surface area contributed by atoms with Crippen molar-refractivity contribution in [1.82, 2.24) is 14.7 Å². The van der Waals surface area contributed by atoms with Crippen molar-refractivity contribution in [3.63, 3.8) is 0 Å². The molecule has 0 atom stereocenters. The van der Waals surface area contributed by atoms with Crippen molar-refractivity contribution < 1.29 is 9.53 Å². The Morgan fingerprint density at radius 2 is 1.34 bits per heavy atom. The third-order valence-electron chi connectivity index (χ3n) is 6.91. The highest BCUT2D eigenvalue weighted by molar-refractivity contribution is 5.70. The summed E-state index contributed by atoms with van der Waals surface area (Å²) in [7, 11) is 0. The van der Waals surface area contributed by atoms with Gasteiger partial charge in [0.1, 0.15) is 5.60 Å². The maximum Gasteiger partial charge on any atom is 0.435 e. The minimum atomic E-state index is -0.568. The Bertz CT molecular complexity index is 1290. The van der Waals surface area contributed by atoms with Gasteiger partial charge >= 0.3 is 6.09 Å². The van der Waals surface area contributed by atoms with Crippen LogP contribution in [0.25, 0.3) is 6.08 Å². The Labute approximate surface area is 225 Å². The SMILES string of the molecule is CC(C)(C)OC(=O)n1ccc(/C=C2\CCCN(C(c3ccccc3)(c3ccccc3)c3ccccc3)C2)n1. The first-order valence-corrected chi connectivity index (χ1v) is 13.3. The number of hydrogen-bond donors (Lipinski definition) is 0. The Balaban J connectivity index is 1.54. The fourth-order valence-corrected chi connectivity index (χ4v) is 5.42. The first kappa shape index (κ1) is 25.7. The normalized spacial score (nSPS) is 15.9. The van der Waals surface area contributed by atoms with E-state index < -0.39 is 17.2 Å². The summed E-state index contributed by atoms with van der Waals surface area (Å²) in [5.41, 5.74) is 4.77. The predicted molar refractivity (Wildman–Crippen MR) is 152 cm³/mol. The number of nitrogens with zero attached hydrogens (tertiary/aromatic N) is 3. The lowest BCUT2D eigenvalue weighted by molar-refractivity contribution is 0.0514. The van der Waals surface area contributed by atoms with Crippen molar-refractivity contribution in [2.75, 3.05) is 13.1 Å². The van der Waals surface area contributed by atoms with Crippen LogP contribution in [0.2, 0.25) is 0 Å². The van der Waals surface area contributed by atoms with Crippen LogP contribution in [0.5, 0.6) is 0 Å². The summed E-state index contributed by atoms with van der Waals surface area (Å²) >= 11 is 0. The standard InChI is InChI=1S/C33H35N3O2/c1-32(2,3)38-31(37)36-23-21-30(34-36)24-26-14-13-22-35(25-26)33(27-15-7-4-8-16-27,28-17-9-5-10-18-28)29-19-11-6-12-20-29/h4-12,15-21,23-24H,13-14,22,25H2,1-3H3/b26-24+. The maximum atomic E-state index is 12.5. The minimum absolute atomic E-state index is 0.445. The molecule has 1 fully saturated rings. The molecule has 0 radical (unpaired) electrons. The smallest absolute Gasteiger partial charge is 0.435 e. The lowest BCUT2D eigenvalue weighted by atomic mass is 9.74. The van der Waals surface area contributed by atoms with Gasteiger partial charge < -0.3 is 4.74 Å². The van der Waals surface area contributed by atoms with Crippen LogP contribution in [0.15, 0.2) is 109 Å². The minimum Gasteiger partial charge on any atom is -0.442 e. The second kappa shape index (κ2) is 10.8. The maximum absolute atomic E-state index is 12.5. The summed E-state index contributed by atoms with van der Waals surface area (Å²) in [4.78, 5) is 15.1.